The zero-order chi connectivity index (χ0) is 12.1. The fraction of sp³-hybridized carbons (Fsp3) is 0.182. The Balaban J connectivity index is 2.66. The maximum Gasteiger partial charge on any atom is 0.251 e. The molecule has 0 fully saturated rings. The molecule has 1 rings (SSSR count). The average Bonchev–Trinajstić information content (AvgIpc) is 2.28. The van der Waals surface area contributed by atoms with Crippen LogP contribution < -0.4 is 5.32 Å². The van der Waals surface area contributed by atoms with E-state index in [1.807, 2.05) is 6.07 Å². The van der Waals surface area contributed by atoms with Crippen molar-refractivity contribution in [3.63, 3.8) is 0 Å². The van der Waals surface area contributed by atoms with Crippen LogP contribution in [-0.2, 0) is 4.79 Å². The van der Waals surface area contributed by atoms with Gasteiger partial charge in [0.25, 0.3) is 5.70 Å². The van der Waals surface area contributed by atoms with Crippen LogP contribution in [0.25, 0.3) is 0 Å². The van der Waals surface area contributed by atoms with E-state index in [1.165, 1.54) is 6.92 Å². The highest BCUT2D eigenvalue weighted by Crippen LogP contribution is 2.13. The van der Waals surface area contributed by atoms with Gasteiger partial charge in [0.2, 0.25) is 5.91 Å². The molecule has 84 valence electrons. The lowest BCUT2D eigenvalue weighted by atomic mass is 10.1. The second-order valence-electron chi connectivity index (χ2n) is 3.33. The van der Waals surface area contributed by atoms with Crippen molar-refractivity contribution in [2.24, 2.45) is 5.92 Å². The number of para-hydroxylation sites is 1. The van der Waals surface area contributed by atoms with Crippen molar-refractivity contribution in [2.45, 2.75) is 6.92 Å². The van der Waals surface area contributed by atoms with Crippen LogP contribution in [0, 0.1) is 16.0 Å². The molecular weight excluding hydrogens is 208 g/mol. The van der Waals surface area contributed by atoms with Gasteiger partial charge in [0, 0.05) is 5.69 Å². The molecule has 0 spiro atoms. The van der Waals surface area contributed by atoms with E-state index in [9.17, 15) is 14.9 Å². The zero-order valence-corrected chi connectivity index (χ0v) is 8.84. The minimum Gasteiger partial charge on any atom is -0.325 e. The number of carbonyl (C=O) groups is 1. The van der Waals surface area contributed by atoms with Crippen molar-refractivity contribution < 1.29 is 9.72 Å². The van der Waals surface area contributed by atoms with Gasteiger partial charge in [-0.3, -0.25) is 14.9 Å². The fourth-order valence-electron chi connectivity index (χ4n) is 1.08. The first-order valence-electron chi connectivity index (χ1n) is 4.71. The lowest BCUT2D eigenvalue weighted by Crippen LogP contribution is -2.24. The Hall–Kier alpha value is -2.17. The van der Waals surface area contributed by atoms with Crippen molar-refractivity contribution >= 4 is 11.6 Å². The van der Waals surface area contributed by atoms with Crippen molar-refractivity contribution in [1.82, 2.24) is 0 Å². The van der Waals surface area contributed by atoms with Crippen LogP contribution in [-0.4, -0.2) is 10.8 Å². The van der Waals surface area contributed by atoms with Crippen LogP contribution in [0.4, 0.5) is 5.69 Å². The topological polar surface area (TPSA) is 72.2 Å². The Bertz CT molecular complexity index is 414. The standard InChI is InChI=1S/C11H12N2O3/c1-8(9(2)13(15)16)11(14)12-10-6-4-3-5-7-10/h3-8H,2H2,1H3,(H,12,14). The lowest BCUT2D eigenvalue weighted by molar-refractivity contribution is -0.430. The molecule has 0 aliphatic heterocycles. The minimum absolute atomic E-state index is 0.312. The molecule has 1 aromatic carbocycles. The molecule has 0 aromatic heterocycles. The number of rotatable bonds is 4. The molecule has 1 atom stereocenters. The van der Waals surface area contributed by atoms with Gasteiger partial charge in [-0.1, -0.05) is 18.2 Å². The molecule has 0 saturated heterocycles. The van der Waals surface area contributed by atoms with Gasteiger partial charge in [-0.2, -0.15) is 0 Å². The number of nitrogens with zero attached hydrogens (tertiary/aromatic N) is 1. The number of anilines is 1. The van der Waals surface area contributed by atoms with Gasteiger partial charge in [0.05, 0.1) is 4.92 Å². The normalized spacial score (nSPS) is 11.6. The molecule has 5 heteroatoms. The quantitative estimate of drug-likeness (QED) is 0.623. The summed E-state index contributed by atoms with van der Waals surface area (Å²) in [5, 5.41) is 13.0. The number of nitro groups is 1. The second-order valence-corrected chi connectivity index (χ2v) is 3.33. The Morgan fingerprint density at radius 2 is 2.00 bits per heavy atom. The summed E-state index contributed by atoms with van der Waals surface area (Å²) in [5.74, 6) is -1.29. The van der Waals surface area contributed by atoms with Crippen LogP contribution in [0.5, 0.6) is 0 Å². The van der Waals surface area contributed by atoms with Gasteiger partial charge in [-0.15, -0.1) is 0 Å². The van der Waals surface area contributed by atoms with E-state index in [2.05, 4.69) is 11.9 Å². The molecule has 16 heavy (non-hydrogen) atoms. The van der Waals surface area contributed by atoms with Gasteiger partial charge < -0.3 is 5.32 Å². The third-order valence-corrected chi connectivity index (χ3v) is 2.17. The predicted octanol–water partition coefficient (Wildman–Crippen LogP) is 2.05. The maximum atomic E-state index is 11.6. The fourth-order valence-corrected chi connectivity index (χ4v) is 1.08. The smallest absolute Gasteiger partial charge is 0.251 e. The molecule has 0 aliphatic carbocycles. The second kappa shape index (κ2) is 5.06. The van der Waals surface area contributed by atoms with E-state index in [0.29, 0.717) is 5.69 Å². The van der Waals surface area contributed by atoms with E-state index in [4.69, 9.17) is 0 Å². The number of benzene rings is 1. The largest absolute Gasteiger partial charge is 0.325 e. The first kappa shape index (κ1) is 11.9. The summed E-state index contributed by atoms with van der Waals surface area (Å²) in [4.78, 5) is 21.4. The van der Waals surface area contributed by atoms with Crippen molar-refractivity contribution in [2.75, 3.05) is 5.32 Å². The number of carbonyl (C=O) groups excluding carboxylic acids is 1. The SMILES string of the molecule is C=C(C(C)C(=O)Nc1ccccc1)[N+](=O)[O-]. The first-order chi connectivity index (χ1) is 7.52. The van der Waals surface area contributed by atoms with Gasteiger partial charge in [0.1, 0.15) is 5.92 Å². The highest BCUT2D eigenvalue weighted by atomic mass is 16.6. The van der Waals surface area contributed by atoms with Gasteiger partial charge in [0.15, 0.2) is 0 Å². The number of nitrogens with one attached hydrogen (secondary N) is 1. The Labute approximate surface area is 92.9 Å². The van der Waals surface area contributed by atoms with Crippen LogP contribution in [0.3, 0.4) is 0 Å². The summed E-state index contributed by atoms with van der Waals surface area (Å²) in [6, 6.07) is 8.76. The zero-order valence-electron chi connectivity index (χ0n) is 8.84. The molecule has 0 aliphatic rings. The summed E-state index contributed by atoms with van der Waals surface area (Å²) >= 11 is 0. The highest BCUT2D eigenvalue weighted by molar-refractivity contribution is 5.93. The van der Waals surface area contributed by atoms with E-state index in [-0.39, 0.29) is 5.70 Å². The number of hydrogen-bond donors (Lipinski definition) is 1. The predicted molar refractivity (Wildman–Crippen MR) is 60.4 cm³/mol. The molecule has 0 saturated carbocycles. The van der Waals surface area contributed by atoms with E-state index >= 15 is 0 Å². The van der Waals surface area contributed by atoms with Gasteiger partial charge >= 0.3 is 0 Å². The highest BCUT2D eigenvalue weighted by Gasteiger charge is 2.24. The molecule has 1 aromatic rings. The maximum absolute atomic E-state index is 11.6. The third kappa shape index (κ3) is 2.91. The molecule has 0 radical (unpaired) electrons. The van der Waals surface area contributed by atoms with E-state index < -0.39 is 16.7 Å². The molecule has 0 bridgehead atoms. The van der Waals surface area contributed by atoms with Crippen LogP contribution >= 0.6 is 0 Å². The third-order valence-electron chi connectivity index (χ3n) is 2.17. The Morgan fingerprint density at radius 1 is 1.44 bits per heavy atom. The number of amides is 1. The van der Waals surface area contributed by atoms with E-state index in [1.54, 1.807) is 24.3 Å². The molecular formula is C11H12N2O3. The molecule has 0 heterocycles. The molecule has 5 nitrogen and oxygen atoms in total. The summed E-state index contributed by atoms with van der Waals surface area (Å²) in [5.41, 5.74) is 0.295. The summed E-state index contributed by atoms with van der Waals surface area (Å²) in [6.45, 7) is 4.70. The Kier molecular flexibility index (Phi) is 3.77. The Morgan fingerprint density at radius 3 is 2.50 bits per heavy atom. The van der Waals surface area contributed by atoms with Crippen LogP contribution in [0.2, 0.25) is 0 Å². The summed E-state index contributed by atoms with van der Waals surface area (Å²) in [7, 11) is 0. The van der Waals surface area contributed by atoms with Crippen molar-refractivity contribution in [1.29, 1.82) is 0 Å². The summed E-state index contributed by atoms with van der Waals surface area (Å²) in [6.07, 6.45) is 0. The van der Waals surface area contributed by atoms with Gasteiger partial charge in [-0.05, 0) is 25.6 Å². The first-order valence-corrected chi connectivity index (χ1v) is 4.71. The minimum atomic E-state index is -0.852. The van der Waals surface area contributed by atoms with E-state index in [0.717, 1.165) is 0 Å². The number of hydrogen-bond acceptors (Lipinski definition) is 3. The molecule has 1 amide bonds. The molecule has 1 unspecified atom stereocenters. The summed E-state index contributed by atoms with van der Waals surface area (Å²) < 4.78 is 0. The monoisotopic (exact) mass is 220 g/mol. The van der Waals surface area contributed by atoms with Crippen molar-refractivity contribution in [3.05, 3.63) is 52.7 Å². The van der Waals surface area contributed by atoms with Crippen molar-refractivity contribution in [3.8, 4) is 0 Å². The molecule has 1 N–H and O–H groups in total. The van der Waals surface area contributed by atoms with Gasteiger partial charge in [-0.25, -0.2) is 0 Å². The average molecular weight is 220 g/mol. The van der Waals surface area contributed by atoms with Crippen LogP contribution in [0.1, 0.15) is 6.92 Å². The lowest BCUT2D eigenvalue weighted by Gasteiger charge is -2.09. The van der Waals surface area contributed by atoms with Crippen LogP contribution in [0.15, 0.2) is 42.6 Å².